The van der Waals surface area contributed by atoms with Gasteiger partial charge in [0.2, 0.25) is 0 Å². The normalized spacial score (nSPS) is 12.2. The van der Waals surface area contributed by atoms with Crippen molar-refractivity contribution < 1.29 is 9.90 Å². The van der Waals surface area contributed by atoms with Crippen LogP contribution < -0.4 is 5.32 Å². The number of aromatic nitrogens is 1. The number of para-hydroxylation sites is 1. The van der Waals surface area contributed by atoms with Crippen molar-refractivity contribution >= 4 is 17.0 Å². The van der Waals surface area contributed by atoms with Crippen LogP contribution in [0, 0.1) is 0 Å². The van der Waals surface area contributed by atoms with Gasteiger partial charge in [0.05, 0.1) is 0 Å². The second-order valence-electron chi connectivity index (χ2n) is 5.40. The van der Waals surface area contributed by atoms with Gasteiger partial charge in [-0.2, -0.15) is 0 Å². The van der Waals surface area contributed by atoms with Crippen LogP contribution in [0.3, 0.4) is 0 Å². The van der Waals surface area contributed by atoms with Crippen LogP contribution in [0.25, 0.3) is 10.9 Å². The predicted octanol–water partition coefficient (Wildman–Crippen LogP) is 3.59. The van der Waals surface area contributed by atoms with E-state index in [4.69, 9.17) is 5.11 Å². The summed E-state index contributed by atoms with van der Waals surface area (Å²) in [4.78, 5) is 14.3. The third-order valence-corrected chi connectivity index (χ3v) is 3.79. The Morgan fingerprint density at radius 1 is 1.05 bits per heavy atom. The number of fused-ring (bicyclic) bond motifs is 1. The fourth-order valence-corrected chi connectivity index (χ4v) is 2.81. The highest BCUT2D eigenvalue weighted by Gasteiger charge is 2.15. The summed E-state index contributed by atoms with van der Waals surface area (Å²) in [6.45, 7) is 0. The molecule has 2 aromatic carbocycles. The van der Waals surface area contributed by atoms with E-state index in [0.717, 1.165) is 22.0 Å². The minimum Gasteiger partial charge on any atom is -0.465 e. The van der Waals surface area contributed by atoms with E-state index in [2.05, 4.69) is 16.4 Å². The molecular weight excluding hydrogens is 276 g/mol. The summed E-state index contributed by atoms with van der Waals surface area (Å²) in [5.74, 6) is 0. The molecule has 1 aromatic heterocycles. The molecule has 0 bridgehead atoms. The van der Waals surface area contributed by atoms with Crippen molar-refractivity contribution in [1.29, 1.82) is 0 Å². The highest BCUT2D eigenvalue weighted by molar-refractivity contribution is 5.83. The molecule has 0 saturated heterocycles. The minimum absolute atomic E-state index is 0.154. The molecule has 22 heavy (non-hydrogen) atoms. The van der Waals surface area contributed by atoms with Crippen LogP contribution in [0.5, 0.6) is 0 Å². The Balaban J connectivity index is 1.82. The van der Waals surface area contributed by atoms with Crippen LogP contribution >= 0.6 is 0 Å². The van der Waals surface area contributed by atoms with Crippen molar-refractivity contribution in [2.45, 2.75) is 18.9 Å². The number of H-pyrrole nitrogens is 1. The van der Waals surface area contributed by atoms with Crippen molar-refractivity contribution in [3.8, 4) is 0 Å². The summed E-state index contributed by atoms with van der Waals surface area (Å²) in [7, 11) is 0. The van der Waals surface area contributed by atoms with Gasteiger partial charge in [-0.1, -0.05) is 48.5 Å². The summed E-state index contributed by atoms with van der Waals surface area (Å²) in [6.07, 6.45) is 2.31. The molecule has 1 amide bonds. The molecule has 0 fully saturated rings. The lowest BCUT2D eigenvalue weighted by atomic mass is 9.99. The summed E-state index contributed by atoms with van der Waals surface area (Å²) in [5.41, 5.74) is 3.33. The third-order valence-electron chi connectivity index (χ3n) is 3.79. The van der Waals surface area contributed by atoms with Gasteiger partial charge in [0.1, 0.15) is 0 Å². The molecule has 1 atom stereocenters. The van der Waals surface area contributed by atoms with Crippen LogP contribution in [0.15, 0.2) is 60.8 Å². The van der Waals surface area contributed by atoms with Crippen molar-refractivity contribution in [3.63, 3.8) is 0 Å². The first kappa shape index (κ1) is 14.2. The molecule has 3 rings (SSSR count). The predicted molar refractivity (Wildman–Crippen MR) is 87.1 cm³/mol. The summed E-state index contributed by atoms with van der Waals surface area (Å²) < 4.78 is 0. The number of nitrogens with one attached hydrogen (secondary N) is 2. The third kappa shape index (κ3) is 3.28. The second kappa shape index (κ2) is 6.35. The Morgan fingerprint density at radius 3 is 2.55 bits per heavy atom. The number of carboxylic acid groups (broad SMARTS) is 1. The van der Waals surface area contributed by atoms with E-state index >= 15 is 0 Å². The Labute approximate surface area is 128 Å². The molecule has 0 aliphatic carbocycles. The molecule has 3 N–H and O–H groups in total. The van der Waals surface area contributed by atoms with Gasteiger partial charge in [0.15, 0.2) is 0 Å². The van der Waals surface area contributed by atoms with Gasteiger partial charge in [0, 0.05) is 23.1 Å². The Morgan fingerprint density at radius 2 is 1.77 bits per heavy atom. The molecule has 112 valence electrons. The van der Waals surface area contributed by atoms with Gasteiger partial charge in [-0.05, 0) is 30.0 Å². The monoisotopic (exact) mass is 294 g/mol. The van der Waals surface area contributed by atoms with Gasteiger partial charge in [0.25, 0.3) is 0 Å². The van der Waals surface area contributed by atoms with Crippen LogP contribution in [-0.2, 0) is 12.8 Å². The molecule has 0 spiro atoms. The first-order valence-electron chi connectivity index (χ1n) is 7.31. The van der Waals surface area contributed by atoms with Crippen LogP contribution in [0.4, 0.5) is 4.79 Å². The highest BCUT2D eigenvalue weighted by atomic mass is 16.4. The lowest BCUT2D eigenvalue weighted by molar-refractivity contribution is 0.189. The zero-order chi connectivity index (χ0) is 15.4. The summed E-state index contributed by atoms with van der Waals surface area (Å²) in [6, 6.07) is 17.9. The van der Waals surface area contributed by atoms with E-state index in [1.807, 2.05) is 54.7 Å². The smallest absolute Gasteiger partial charge is 0.404 e. The standard InChI is InChI=1S/C18H18N2O2/c21-18(22)20-15(10-13-6-2-1-3-7-13)11-14-12-19-17-9-5-4-8-16(14)17/h1-9,12,15,19-20H,10-11H2,(H,21,22)/t15-/m1/s1. The number of rotatable bonds is 5. The maximum absolute atomic E-state index is 11.1. The Hall–Kier alpha value is -2.75. The first-order chi connectivity index (χ1) is 10.7. The summed E-state index contributed by atoms with van der Waals surface area (Å²) >= 11 is 0. The molecule has 0 unspecified atom stereocenters. The molecule has 3 aromatic rings. The zero-order valence-corrected chi connectivity index (χ0v) is 12.1. The molecule has 1 heterocycles. The average molecular weight is 294 g/mol. The van der Waals surface area contributed by atoms with Crippen LogP contribution in [0.2, 0.25) is 0 Å². The quantitative estimate of drug-likeness (QED) is 0.673. The lowest BCUT2D eigenvalue weighted by Gasteiger charge is -2.16. The number of amides is 1. The van der Waals surface area contributed by atoms with Crippen molar-refractivity contribution in [1.82, 2.24) is 10.3 Å². The van der Waals surface area contributed by atoms with Crippen LogP contribution in [-0.4, -0.2) is 22.2 Å². The van der Waals surface area contributed by atoms with E-state index in [-0.39, 0.29) is 6.04 Å². The van der Waals surface area contributed by atoms with E-state index in [0.29, 0.717) is 12.8 Å². The number of hydrogen-bond donors (Lipinski definition) is 3. The van der Waals surface area contributed by atoms with E-state index in [9.17, 15) is 4.79 Å². The van der Waals surface area contributed by atoms with Crippen molar-refractivity contribution in [2.24, 2.45) is 0 Å². The van der Waals surface area contributed by atoms with Crippen LogP contribution in [0.1, 0.15) is 11.1 Å². The maximum Gasteiger partial charge on any atom is 0.404 e. The molecule has 4 heteroatoms. The van der Waals surface area contributed by atoms with Gasteiger partial charge in [-0.25, -0.2) is 4.79 Å². The molecule has 4 nitrogen and oxygen atoms in total. The second-order valence-corrected chi connectivity index (χ2v) is 5.40. The lowest BCUT2D eigenvalue weighted by Crippen LogP contribution is -2.37. The number of hydrogen-bond acceptors (Lipinski definition) is 1. The average Bonchev–Trinajstić information content (AvgIpc) is 2.91. The first-order valence-corrected chi connectivity index (χ1v) is 7.31. The summed E-state index contributed by atoms with van der Waals surface area (Å²) in [5, 5.41) is 12.9. The minimum atomic E-state index is -0.985. The fourth-order valence-electron chi connectivity index (χ4n) is 2.81. The highest BCUT2D eigenvalue weighted by Crippen LogP contribution is 2.20. The Bertz CT molecular complexity index is 765. The van der Waals surface area contributed by atoms with E-state index in [1.54, 1.807) is 0 Å². The molecule has 0 radical (unpaired) electrons. The maximum atomic E-state index is 11.1. The van der Waals surface area contributed by atoms with Gasteiger partial charge in [-0.3, -0.25) is 0 Å². The molecule has 0 aliphatic rings. The largest absolute Gasteiger partial charge is 0.465 e. The molecule has 0 aliphatic heterocycles. The number of aromatic amines is 1. The zero-order valence-electron chi connectivity index (χ0n) is 12.1. The Kier molecular flexibility index (Phi) is 4.10. The van der Waals surface area contributed by atoms with Crippen molar-refractivity contribution in [3.05, 3.63) is 71.9 Å². The SMILES string of the molecule is O=C(O)N[C@H](Cc1ccccc1)Cc1c[nH]c2ccccc12. The van der Waals surface area contributed by atoms with Gasteiger partial charge >= 0.3 is 6.09 Å². The van der Waals surface area contributed by atoms with Crippen molar-refractivity contribution in [2.75, 3.05) is 0 Å². The van der Waals surface area contributed by atoms with Gasteiger partial charge < -0.3 is 15.4 Å². The van der Waals surface area contributed by atoms with E-state index < -0.39 is 6.09 Å². The topological polar surface area (TPSA) is 65.1 Å². The number of carbonyl (C=O) groups is 1. The molecular formula is C18H18N2O2. The molecule has 0 saturated carbocycles. The van der Waals surface area contributed by atoms with E-state index in [1.165, 1.54) is 0 Å². The van der Waals surface area contributed by atoms with Gasteiger partial charge in [-0.15, -0.1) is 0 Å². The fraction of sp³-hybridized carbons (Fsp3) is 0.167. The number of benzene rings is 2.